The predicted molar refractivity (Wildman–Crippen MR) is 66.0 cm³/mol. The van der Waals surface area contributed by atoms with Crippen LogP contribution in [0, 0.1) is 0 Å². The lowest BCUT2D eigenvalue weighted by atomic mass is 10.2. The number of aromatic nitrogens is 2. The van der Waals surface area contributed by atoms with Gasteiger partial charge in [0, 0.05) is 0 Å². The van der Waals surface area contributed by atoms with E-state index in [0.717, 1.165) is 0 Å². The van der Waals surface area contributed by atoms with Gasteiger partial charge in [0.1, 0.15) is 17.7 Å². The monoisotopic (exact) mass is 254 g/mol. The van der Waals surface area contributed by atoms with Gasteiger partial charge in [-0.3, -0.25) is 9.78 Å². The fourth-order valence-corrected chi connectivity index (χ4v) is 1.58. The molecule has 90 valence electrons. The molecule has 1 aromatic carbocycles. The van der Waals surface area contributed by atoms with Crippen molar-refractivity contribution in [2.45, 2.75) is 12.3 Å². The maximum Gasteiger partial charge on any atom is 0.326 e. The molecule has 2 N–H and O–H groups in total. The van der Waals surface area contributed by atoms with Crippen molar-refractivity contribution in [2.75, 3.05) is 6.61 Å². The number of aromatic amines is 2. The molecule has 6 heteroatoms. The number of rotatable bonds is 3. The van der Waals surface area contributed by atoms with E-state index in [0.29, 0.717) is 23.3 Å². The van der Waals surface area contributed by atoms with Gasteiger partial charge in [-0.1, -0.05) is 6.07 Å². The molecule has 0 spiro atoms. The lowest BCUT2D eigenvalue weighted by Gasteiger charge is -2.09. The summed E-state index contributed by atoms with van der Waals surface area (Å²) >= 11 is 5.78. The standard InChI is InChI=1S/C11H11ClN2O3/c1-6(12)5-17-8-4-2-3-7-9(8)10(15)14-11(16)13-7/h2-4,6H,5H2,1H3,(H2,13,14,15,16). The van der Waals surface area contributed by atoms with Crippen molar-refractivity contribution >= 4 is 22.5 Å². The fraction of sp³-hybridized carbons (Fsp3) is 0.273. The van der Waals surface area contributed by atoms with E-state index in [9.17, 15) is 9.59 Å². The Hall–Kier alpha value is -1.75. The van der Waals surface area contributed by atoms with E-state index in [1.165, 1.54) is 0 Å². The molecule has 0 saturated heterocycles. The highest BCUT2D eigenvalue weighted by atomic mass is 35.5. The minimum absolute atomic E-state index is 0.160. The van der Waals surface area contributed by atoms with Crippen LogP contribution in [0.4, 0.5) is 0 Å². The quantitative estimate of drug-likeness (QED) is 0.809. The van der Waals surface area contributed by atoms with Crippen LogP contribution in [0.5, 0.6) is 5.75 Å². The molecule has 1 atom stereocenters. The summed E-state index contributed by atoms with van der Waals surface area (Å²) in [6, 6.07) is 5.00. The third-order valence-electron chi connectivity index (χ3n) is 2.20. The van der Waals surface area contributed by atoms with Crippen LogP contribution in [0.15, 0.2) is 27.8 Å². The Labute approximate surface area is 101 Å². The Bertz CT molecular complexity index is 645. The number of ether oxygens (including phenoxy) is 1. The smallest absolute Gasteiger partial charge is 0.326 e. The number of benzene rings is 1. The molecule has 0 amide bonds. The molecule has 1 aromatic heterocycles. The van der Waals surface area contributed by atoms with Gasteiger partial charge in [-0.05, 0) is 19.1 Å². The summed E-state index contributed by atoms with van der Waals surface area (Å²) in [6.07, 6.45) is 0. The van der Waals surface area contributed by atoms with E-state index >= 15 is 0 Å². The molecule has 1 unspecified atom stereocenters. The first-order valence-corrected chi connectivity index (χ1v) is 5.54. The van der Waals surface area contributed by atoms with Crippen molar-refractivity contribution in [3.05, 3.63) is 39.0 Å². The van der Waals surface area contributed by atoms with E-state index < -0.39 is 11.2 Å². The van der Waals surface area contributed by atoms with E-state index in [1.54, 1.807) is 25.1 Å². The van der Waals surface area contributed by atoms with Crippen LogP contribution in [0.1, 0.15) is 6.92 Å². The van der Waals surface area contributed by atoms with Crippen molar-refractivity contribution in [2.24, 2.45) is 0 Å². The van der Waals surface area contributed by atoms with Gasteiger partial charge in [0.05, 0.1) is 10.9 Å². The van der Waals surface area contributed by atoms with E-state index in [1.807, 2.05) is 0 Å². The Morgan fingerprint density at radius 2 is 2.12 bits per heavy atom. The van der Waals surface area contributed by atoms with Gasteiger partial charge in [-0.2, -0.15) is 0 Å². The molecule has 1 heterocycles. The van der Waals surface area contributed by atoms with E-state index in [4.69, 9.17) is 16.3 Å². The number of nitrogens with one attached hydrogen (secondary N) is 2. The number of hydrogen-bond acceptors (Lipinski definition) is 3. The van der Waals surface area contributed by atoms with Crippen molar-refractivity contribution in [3.8, 4) is 5.75 Å². The first-order valence-electron chi connectivity index (χ1n) is 5.10. The molecule has 0 saturated carbocycles. The number of hydrogen-bond donors (Lipinski definition) is 2. The maximum absolute atomic E-state index is 11.7. The van der Waals surface area contributed by atoms with Gasteiger partial charge in [-0.25, -0.2) is 4.79 Å². The third kappa shape index (κ3) is 2.50. The number of H-pyrrole nitrogens is 2. The first kappa shape index (κ1) is 11.7. The van der Waals surface area contributed by atoms with Gasteiger partial charge < -0.3 is 9.72 Å². The molecule has 0 radical (unpaired) electrons. The van der Waals surface area contributed by atoms with Crippen LogP contribution >= 0.6 is 11.6 Å². The Morgan fingerprint density at radius 3 is 2.82 bits per heavy atom. The average Bonchev–Trinajstić information content (AvgIpc) is 2.25. The molecule has 0 aliphatic rings. The second kappa shape index (κ2) is 4.63. The highest BCUT2D eigenvalue weighted by Crippen LogP contribution is 2.20. The molecule has 0 fully saturated rings. The van der Waals surface area contributed by atoms with Crippen LogP contribution in [0.25, 0.3) is 10.9 Å². The van der Waals surface area contributed by atoms with Gasteiger partial charge in [0.2, 0.25) is 0 Å². The van der Waals surface area contributed by atoms with Crippen LogP contribution in [0.2, 0.25) is 0 Å². The molecule has 2 aromatic rings. The van der Waals surface area contributed by atoms with Crippen molar-refractivity contribution < 1.29 is 4.74 Å². The van der Waals surface area contributed by atoms with Gasteiger partial charge in [0.25, 0.3) is 5.56 Å². The van der Waals surface area contributed by atoms with Gasteiger partial charge in [0.15, 0.2) is 0 Å². The zero-order valence-electron chi connectivity index (χ0n) is 9.12. The summed E-state index contributed by atoms with van der Waals surface area (Å²) in [7, 11) is 0. The van der Waals surface area contributed by atoms with Crippen LogP contribution in [-0.2, 0) is 0 Å². The largest absolute Gasteiger partial charge is 0.491 e. The minimum atomic E-state index is -0.537. The molecule has 0 bridgehead atoms. The summed E-state index contributed by atoms with van der Waals surface area (Å²) in [6.45, 7) is 2.08. The highest BCUT2D eigenvalue weighted by molar-refractivity contribution is 6.20. The maximum atomic E-state index is 11.7. The van der Waals surface area contributed by atoms with Crippen molar-refractivity contribution in [1.82, 2.24) is 9.97 Å². The summed E-state index contributed by atoms with van der Waals surface area (Å²) in [5.41, 5.74) is -0.564. The molecule has 0 aliphatic heterocycles. The Morgan fingerprint density at radius 1 is 1.35 bits per heavy atom. The molecule has 5 nitrogen and oxygen atoms in total. The molecule has 0 aliphatic carbocycles. The summed E-state index contributed by atoms with van der Waals surface area (Å²) in [5, 5.41) is 0.163. The van der Waals surface area contributed by atoms with Crippen LogP contribution in [-0.4, -0.2) is 22.0 Å². The van der Waals surface area contributed by atoms with E-state index in [-0.39, 0.29) is 5.38 Å². The molecular formula is C11H11ClN2O3. The number of alkyl halides is 1. The normalized spacial score (nSPS) is 12.6. The van der Waals surface area contributed by atoms with E-state index in [2.05, 4.69) is 9.97 Å². The molecule has 17 heavy (non-hydrogen) atoms. The average molecular weight is 255 g/mol. The number of fused-ring (bicyclic) bond motifs is 1. The SMILES string of the molecule is CC(Cl)COc1cccc2[nH]c(=O)[nH]c(=O)c12. The second-order valence-electron chi connectivity index (χ2n) is 3.68. The summed E-state index contributed by atoms with van der Waals surface area (Å²) in [4.78, 5) is 27.5. The lowest BCUT2D eigenvalue weighted by Crippen LogP contribution is -2.22. The third-order valence-corrected chi connectivity index (χ3v) is 2.32. The first-order chi connectivity index (χ1) is 8.08. The van der Waals surface area contributed by atoms with Gasteiger partial charge in [-0.15, -0.1) is 11.6 Å². The van der Waals surface area contributed by atoms with Crippen LogP contribution < -0.4 is 16.0 Å². The van der Waals surface area contributed by atoms with Crippen LogP contribution in [0.3, 0.4) is 0 Å². The zero-order chi connectivity index (χ0) is 12.4. The fourth-order valence-electron chi connectivity index (χ4n) is 1.51. The van der Waals surface area contributed by atoms with Crippen molar-refractivity contribution in [3.63, 3.8) is 0 Å². The summed E-state index contributed by atoms with van der Waals surface area (Å²) in [5.74, 6) is 0.410. The topological polar surface area (TPSA) is 75.0 Å². The van der Waals surface area contributed by atoms with Crippen molar-refractivity contribution in [1.29, 1.82) is 0 Å². The second-order valence-corrected chi connectivity index (χ2v) is 4.42. The summed E-state index contributed by atoms with van der Waals surface area (Å²) < 4.78 is 5.43. The Kier molecular flexibility index (Phi) is 3.19. The zero-order valence-corrected chi connectivity index (χ0v) is 9.88. The molecular weight excluding hydrogens is 244 g/mol. The minimum Gasteiger partial charge on any atom is -0.491 e. The molecule has 2 rings (SSSR count). The van der Waals surface area contributed by atoms with Gasteiger partial charge >= 0.3 is 5.69 Å². The Balaban J connectivity index is 2.57. The highest BCUT2D eigenvalue weighted by Gasteiger charge is 2.08. The predicted octanol–water partition coefficient (Wildman–Crippen LogP) is 1.22. The number of halogens is 1. The lowest BCUT2D eigenvalue weighted by molar-refractivity contribution is 0.324.